The molecule has 0 bridgehead atoms. The van der Waals surface area contributed by atoms with Crippen molar-refractivity contribution in [1.82, 2.24) is 19.6 Å². The monoisotopic (exact) mass is 628 g/mol. The first-order valence-electron chi connectivity index (χ1n) is 15.9. The van der Waals surface area contributed by atoms with Gasteiger partial charge >= 0.3 is 11.7 Å². The van der Waals surface area contributed by atoms with E-state index >= 15 is 0 Å². The topological polar surface area (TPSA) is 112 Å². The predicted molar refractivity (Wildman–Crippen MR) is 173 cm³/mol. The summed E-state index contributed by atoms with van der Waals surface area (Å²) in [6.45, 7) is 5.21. The zero-order valence-corrected chi connectivity index (χ0v) is 26.6. The summed E-state index contributed by atoms with van der Waals surface area (Å²) in [7, 11) is 5.47. The van der Waals surface area contributed by atoms with Crippen LogP contribution in [0.2, 0.25) is 0 Å². The van der Waals surface area contributed by atoms with Crippen LogP contribution < -0.4 is 9.64 Å². The minimum absolute atomic E-state index is 0.0807. The number of imide groups is 1. The van der Waals surface area contributed by atoms with Gasteiger partial charge in [-0.05, 0) is 35.1 Å². The van der Waals surface area contributed by atoms with Gasteiger partial charge in [0.15, 0.2) is 5.75 Å². The van der Waals surface area contributed by atoms with E-state index in [-0.39, 0.29) is 35.3 Å². The number of carbonyl (C=O) groups excluding carboxylic acids is 2. The van der Waals surface area contributed by atoms with Crippen molar-refractivity contribution in [3.63, 3.8) is 0 Å². The number of carbonyl (C=O) groups is 2. The minimum Gasteiger partial charge on any atom is -0.490 e. The van der Waals surface area contributed by atoms with E-state index in [0.717, 1.165) is 40.7 Å². The molecule has 0 saturated carbocycles. The van der Waals surface area contributed by atoms with Gasteiger partial charge in [0.05, 0.1) is 31.3 Å². The predicted octanol–water partition coefficient (Wildman–Crippen LogP) is 3.73. The van der Waals surface area contributed by atoms with Gasteiger partial charge in [0.25, 0.3) is 5.91 Å². The molecule has 3 amide bonds. The number of nitro groups is 1. The third-order valence-corrected chi connectivity index (χ3v) is 10.3. The quantitative estimate of drug-likeness (QED) is 0.199. The van der Waals surface area contributed by atoms with Crippen molar-refractivity contribution in [1.29, 1.82) is 0 Å². The van der Waals surface area contributed by atoms with E-state index in [4.69, 9.17) is 9.47 Å². The number of methoxy groups -OCH3 is 1. The van der Waals surface area contributed by atoms with Crippen LogP contribution >= 0.6 is 0 Å². The van der Waals surface area contributed by atoms with Gasteiger partial charge in [0, 0.05) is 83.0 Å². The Balaban J connectivity index is 1.23. The Bertz CT molecular complexity index is 1690. The minimum atomic E-state index is -0.994. The largest absolute Gasteiger partial charge is 0.490 e. The molecule has 3 aromatic rings. The highest BCUT2D eigenvalue weighted by molar-refractivity contribution is 6.09. The second kappa shape index (κ2) is 11.8. The van der Waals surface area contributed by atoms with Crippen LogP contribution in [-0.4, -0.2) is 116 Å². The van der Waals surface area contributed by atoms with E-state index in [0.29, 0.717) is 52.4 Å². The van der Waals surface area contributed by atoms with Gasteiger partial charge < -0.3 is 19.3 Å². The first-order valence-corrected chi connectivity index (χ1v) is 15.9. The smallest absolute Gasteiger partial charge is 0.328 e. The van der Waals surface area contributed by atoms with Crippen molar-refractivity contribution in [3.05, 3.63) is 75.8 Å². The van der Waals surface area contributed by atoms with E-state index in [1.165, 1.54) is 12.0 Å². The van der Waals surface area contributed by atoms with E-state index in [2.05, 4.69) is 39.0 Å². The van der Waals surface area contributed by atoms with Crippen LogP contribution in [-0.2, 0) is 16.1 Å². The Morgan fingerprint density at radius 3 is 2.50 bits per heavy atom. The zero-order chi connectivity index (χ0) is 32.2. The first kappa shape index (κ1) is 30.4. The van der Waals surface area contributed by atoms with Gasteiger partial charge in [0.2, 0.25) is 0 Å². The number of nitrogens with zero attached hydrogens (tertiary/aromatic N) is 6. The molecule has 0 unspecified atom stereocenters. The molecule has 4 fully saturated rings. The molecule has 12 heteroatoms. The van der Waals surface area contributed by atoms with Crippen LogP contribution in [0.15, 0.2) is 54.6 Å². The molecular formula is C34H40N6O6. The average molecular weight is 629 g/mol. The number of likely N-dealkylation sites (tertiary alicyclic amines) is 1. The van der Waals surface area contributed by atoms with Gasteiger partial charge in [0.1, 0.15) is 5.54 Å². The van der Waals surface area contributed by atoms with Crippen LogP contribution in [0.25, 0.3) is 10.8 Å². The van der Waals surface area contributed by atoms with Gasteiger partial charge in [-0.3, -0.25) is 29.6 Å². The normalized spacial score (nSPS) is 24.9. The zero-order valence-electron chi connectivity index (χ0n) is 26.6. The number of hydrogen-bond donors (Lipinski definition) is 0. The molecular weight excluding hydrogens is 588 g/mol. The lowest BCUT2D eigenvalue weighted by Gasteiger charge is -2.32. The van der Waals surface area contributed by atoms with E-state index in [1.807, 2.05) is 37.2 Å². The van der Waals surface area contributed by atoms with Crippen LogP contribution in [0.1, 0.15) is 23.6 Å². The molecule has 3 aromatic carbocycles. The van der Waals surface area contributed by atoms with Crippen molar-refractivity contribution in [2.75, 3.05) is 78.6 Å². The average Bonchev–Trinajstić information content (AvgIpc) is 3.63. The summed E-state index contributed by atoms with van der Waals surface area (Å²) in [4.78, 5) is 50.1. The Labute approximate surface area is 268 Å². The summed E-state index contributed by atoms with van der Waals surface area (Å²) in [6, 6.07) is 17.0. The summed E-state index contributed by atoms with van der Waals surface area (Å²) in [5.41, 5.74) is 1.84. The lowest BCUT2D eigenvalue weighted by atomic mass is 9.87. The number of rotatable bonds is 9. The first-order chi connectivity index (χ1) is 22.2. The molecule has 46 heavy (non-hydrogen) atoms. The van der Waals surface area contributed by atoms with Crippen LogP contribution in [0.4, 0.5) is 16.2 Å². The fraction of sp³-hybridized carbons (Fsp3) is 0.471. The second-order valence-corrected chi connectivity index (χ2v) is 13.0. The molecule has 7 rings (SSSR count). The number of anilines is 1. The molecule has 0 N–H and O–H groups in total. The lowest BCUT2D eigenvalue weighted by molar-refractivity contribution is -0.385. The Kier molecular flexibility index (Phi) is 7.82. The molecule has 1 spiro atoms. The summed E-state index contributed by atoms with van der Waals surface area (Å²) in [5, 5.41) is 13.9. The van der Waals surface area contributed by atoms with E-state index in [9.17, 15) is 19.7 Å². The molecule has 4 saturated heterocycles. The molecule has 0 radical (unpaired) electrons. The van der Waals surface area contributed by atoms with Crippen LogP contribution in [0, 0.1) is 16.0 Å². The van der Waals surface area contributed by atoms with Crippen LogP contribution in [0.3, 0.4) is 0 Å². The Morgan fingerprint density at radius 2 is 1.78 bits per heavy atom. The Hall–Kier alpha value is -4.26. The van der Waals surface area contributed by atoms with Crippen molar-refractivity contribution >= 4 is 34.1 Å². The summed E-state index contributed by atoms with van der Waals surface area (Å²) >= 11 is 0. The number of morpholine rings is 1. The third kappa shape index (κ3) is 4.86. The number of ether oxygens (including phenoxy) is 2. The number of urea groups is 1. The van der Waals surface area contributed by atoms with Gasteiger partial charge in [-0.1, -0.05) is 36.4 Å². The van der Waals surface area contributed by atoms with Crippen molar-refractivity contribution in [2.24, 2.45) is 5.92 Å². The number of amides is 3. The van der Waals surface area contributed by atoms with Gasteiger partial charge in [-0.2, -0.15) is 0 Å². The summed E-state index contributed by atoms with van der Waals surface area (Å²) in [6.07, 6.45) is 0.666. The third-order valence-electron chi connectivity index (χ3n) is 10.3. The van der Waals surface area contributed by atoms with Crippen molar-refractivity contribution < 1.29 is 24.0 Å². The number of benzene rings is 3. The highest BCUT2D eigenvalue weighted by Crippen LogP contribution is 2.56. The maximum Gasteiger partial charge on any atom is 0.328 e. The van der Waals surface area contributed by atoms with E-state index in [1.54, 1.807) is 12.1 Å². The molecule has 0 aliphatic carbocycles. The van der Waals surface area contributed by atoms with Crippen LogP contribution in [0.5, 0.6) is 5.75 Å². The fourth-order valence-corrected chi connectivity index (χ4v) is 8.16. The molecule has 0 aromatic heterocycles. The molecule has 4 aliphatic heterocycles. The highest BCUT2D eigenvalue weighted by atomic mass is 16.6. The standard InChI is InChI=1S/C34H40N6O6/c1-35(2)28-10-9-27(25-6-4-5-7-26(25)28)29-19-24-21-37(20-23-8-11-31(45-3)30(18-23)40(43)44)22-34(24)32(41)38(33(42)39(29)34)13-12-36-14-16-46-17-15-36/h4-11,18,24,29H,12-17,19-22H2,1-3H3/t24-,29-,34+/m1/s1. The lowest BCUT2D eigenvalue weighted by Crippen LogP contribution is -2.51. The second-order valence-electron chi connectivity index (χ2n) is 13.0. The molecule has 242 valence electrons. The summed E-state index contributed by atoms with van der Waals surface area (Å²) in [5.74, 6) is -0.00168. The fourth-order valence-electron chi connectivity index (χ4n) is 8.16. The van der Waals surface area contributed by atoms with Gasteiger partial charge in [-0.15, -0.1) is 0 Å². The molecule has 3 atom stereocenters. The molecule has 12 nitrogen and oxygen atoms in total. The van der Waals surface area contributed by atoms with E-state index < -0.39 is 10.5 Å². The Morgan fingerprint density at radius 1 is 1.02 bits per heavy atom. The number of nitro benzene ring substituents is 1. The molecule has 4 heterocycles. The van der Waals surface area contributed by atoms with Crippen molar-refractivity contribution in [3.8, 4) is 5.75 Å². The van der Waals surface area contributed by atoms with Crippen molar-refractivity contribution in [2.45, 2.75) is 24.5 Å². The van der Waals surface area contributed by atoms with Gasteiger partial charge in [-0.25, -0.2) is 4.79 Å². The number of hydrogen-bond acceptors (Lipinski definition) is 9. The maximum absolute atomic E-state index is 14.6. The highest BCUT2D eigenvalue weighted by Gasteiger charge is 2.70. The maximum atomic E-state index is 14.6. The molecule has 4 aliphatic rings. The summed E-state index contributed by atoms with van der Waals surface area (Å²) < 4.78 is 10.7. The SMILES string of the molecule is COc1ccc(CN2C[C@H]3C[C@H](c4ccc(N(C)C)c5ccccc45)N4C(=O)N(CCN5CCOCC5)C(=O)[C@]34C2)cc1[N+](=O)[O-]. The number of fused-ring (bicyclic) bond motifs is 1.